The van der Waals surface area contributed by atoms with Crippen molar-refractivity contribution in [2.75, 3.05) is 18.6 Å². The Morgan fingerprint density at radius 1 is 1.08 bits per heavy atom. The summed E-state index contributed by atoms with van der Waals surface area (Å²) in [7, 11) is 1.67. The van der Waals surface area contributed by atoms with Crippen LogP contribution in [0.4, 0.5) is 5.69 Å². The Morgan fingerprint density at radius 2 is 1.84 bits per heavy atom. The van der Waals surface area contributed by atoms with Crippen LogP contribution in [0.2, 0.25) is 5.02 Å². The minimum atomic E-state index is -0.101. The fourth-order valence-corrected chi connectivity index (χ4v) is 4.87. The summed E-state index contributed by atoms with van der Waals surface area (Å²) in [5.41, 5.74) is 5.08. The molecule has 4 aromatic rings. The third-order valence-electron chi connectivity index (χ3n) is 6.52. The van der Waals surface area contributed by atoms with Gasteiger partial charge >= 0.3 is 0 Å². The molecule has 0 fully saturated rings. The molecule has 0 unspecified atom stereocenters. The maximum atomic E-state index is 13.8. The van der Waals surface area contributed by atoms with Gasteiger partial charge in [-0.25, -0.2) is 4.98 Å². The zero-order valence-corrected chi connectivity index (χ0v) is 22.7. The summed E-state index contributed by atoms with van der Waals surface area (Å²) < 4.78 is 13.5. The van der Waals surface area contributed by atoms with Crippen LogP contribution in [-0.4, -0.2) is 35.2 Å². The average Bonchev–Trinajstić information content (AvgIpc) is 3.25. The molecule has 37 heavy (non-hydrogen) atoms. The topological polar surface area (TPSA) is 56.6 Å². The first kappa shape index (κ1) is 26.7. The second-order valence-corrected chi connectivity index (χ2v) is 9.60. The number of benzene rings is 3. The number of amides is 1. The number of halogens is 1. The van der Waals surface area contributed by atoms with E-state index in [1.807, 2.05) is 54.3 Å². The zero-order valence-electron chi connectivity index (χ0n) is 21.9. The van der Waals surface area contributed by atoms with E-state index in [4.69, 9.17) is 26.1 Å². The van der Waals surface area contributed by atoms with Gasteiger partial charge in [0.15, 0.2) is 0 Å². The maximum absolute atomic E-state index is 13.8. The van der Waals surface area contributed by atoms with E-state index in [9.17, 15) is 4.79 Å². The van der Waals surface area contributed by atoms with Crippen molar-refractivity contribution in [1.29, 1.82) is 0 Å². The number of carbonyl (C=O) groups excluding carboxylic acids is 1. The number of para-hydroxylation sites is 3. The van der Waals surface area contributed by atoms with Gasteiger partial charge in [0.05, 0.1) is 29.4 Å². The molecule has 1 heterocycles. The van der Waals surface area contributed by atoms with E-state index in [1.165, 1.54) is 0 Å². The smallest absolute Gasteiger partial charge is 0.229 e. The molecule has 194 valence electrons. The van der Waals surface area contributed by atoms with Crippen molar-refractivity contribution in [3.05, 3.63) is 88.7 Å². The molecule has 3 aromatic carbocycles. The molecule has 0 aliphatic carbocycles. The number of aryl methyl sites for hydroxylation is 3. The standard InChI is InChI=1S/C30H34ClN3O3/c1-5-23-10-8-9-21(2)30(23)34(22(3)19-36-4)29(35)17-18-33-27-12-7-6-11-26(27)32-28(33)20-37-25-15-13-24(31)14-16-25/h6-16,22H,5,17-20H2,1-4H3/t22-/m1/s1. The number of hydrogen-bond donors (Lipinski definition) is 0. The van der Waals surface area contributed by atoms with E-state index in [2.05, 4.69) is 30.5 Å². The van der Waals surface area contributed by atoms with E-state index >= 15 is 0 Å². The summed E-state index contributed by atoms with van der Waals surface area (Å²) in [6.45, 7) is 7.44. The average molecular weight is 520 g/mol. The number of anilines is 1. The Kier molecular flexibility index (Phi) is 8.85. The molecule has 4 rings (SSSR count). The van der Waals surface area contributed by atoms with Crippen molar-refractivity contribution in [2.45, 2.75) is 52.8 Å². The predicted molar refractivity (Wildman–Crippen MR) is 150 cm³/mol. The Hall–Kier alpha value is -3.35. The van der Waals surface area contributed by atoms with Gasteiger partial charge in [0.1, 0.15) is 18.2 Å². The first-order valence-electron chi connectivity index (χ1n) is 12.6. The first-order valence-corrected chi connectivity index (χ1v) is 13.0. The summed E-state index contributed by atoms with van der Waals surface area (Å²) in [5, 5.41) is 0.658. The number of hydrogen-bond acceptors (Lipinski definition) is 4. The van der Waals surface area contributed by atoms with Gasteiger partial charge in [0, 0.05) is 25.1 Å². The molecule has 0 spiro atoms. The fourth-order valence-electron chi connectivity index (χ4n) is 4.75. The quantitative estimate of drug-likeness (QED) is 0.224. The van der Waals surface area contributed by atoms with E-state index in [0.29, 0.717) is 30.3 Å². The highest BCUT2D eigenvalue weighted by Gasteiger charge is 2.26. The van der Waals surface area contributed by atoms with Crippen molar-refractivity contribution >= 4 is 34.2 Å². The number of aromatic nitrogens is 2. The summed E-state index contributed by atoms with van der Waals surface area (Å²) in [6.07, 6.45) is 1.17. The first-order chi connectivity index (χ1) is 17.9. The number of imidazole rings is 1. The summed E-state index contributed by atoms with van der Waals surface area (Å²) in [4.78, 5) is 20.5. The highest BCUT2D eigenvalue weighted by molar-refractivity contribution is 6.30. The number of methoxy groups -OCH3 is 1. The van der Waals surface area contributed by atoms with Gasteiger partial charge in [-0.15, -0.1) is 0 Å². The molecule has 1 aromatic heterocycles. The van der Waals surface area contributed by atoms with Crippen molar-refractivity contribution in [1.82, 2.24) is 9.55 Å². The van der Waals surface area contributed by atoms with Crippen molar-refractivity contribution in [3.63, 3.8) is 0 Å². The zero-order chi connectivity index (χ0) is 26.4. The van der Waals surface area contributed by atoms with E-state index in [1.54, 1.807) is 19.2 Å². The van der Waals surface area contributed by atoms with Crippen LogP contribution < -0.4 is 9.64 Å². The molecule has 0 saturated carbocycles. The van der Waals surface area contributed by atoms with Crippen molar-refractivity contribution < 1.29 is 14.3 Å². The third-order valence-corrected chi connectivity index (χ3v) is 6.78. The lowest BCUT2D eigenvalue weighted by molar-refractivity contribution is -0.119. The molecule has 1 atom stereocenters. The number of rotatable bonds is 11. The number of carbonyl (C=O) groups is 1. The minimum Gasteiger partial charge on any atom is -0.486 e. The molecule has 0 N–H and O–H groups in total. The van der Waals surface area contributed by atoms with Crippen LogP contribution >= 0.6 is 11.6 Å². The molecule has 6 nitrogen and oxygen atoms in total. The molecule has 0 saturated heterocycles. The van der Waals surface area contributed by atoms with Crippen LogP contribution in [0.5, 0.6) is 5.75 Å². The summed E-state index contributed by atoms with van der Waals surface area (Å²) in [6, 6.07) is 21.3. The summed E-state index contributed by atoms with van der Waals surface area (Å²) >= 11 is 6.00. The van der Waals surface area contributed by atoms with Crippen LogP contribution in [0, 0.1) is 6.92 Å². The van der Waals surface area contributed by atoms with Crippen LogP contribution in [0.25, 0.3) is 11.0 Å². The minimum absolute atomic E-state index is 0.0518. The molecule has 7 heteroatoms. The molecule has 1 amide bonds. The number of nitrogens with zero attached hydrogens (tertiary/aromatic N) is 3. The Morgan fingerprint density at radius 3 is 2.57 bits per heavy atom. The van der Waals surface area contributed by atoms with Crippen LogP contribution in [0.1, 0.15) is 37.2 Å². The second-order valence-electron chi connectivity index (χ2n) is 9.17. The number of ether oxygens (including phenoxy) is 2. The van der Waals surface area contributed by atoms with E-state index in [0.717, 1.165) is 40.1 Å². The molecule has 0 radical (unpaired) electrons. The van der Waals surface area contributed by atoms with Gasteiger partial charge in [0.2, 0.25) is 5.91 Å². The predicted octanol–water partition coefficient (Wildman–Crippen LogP) is 6.60. The second kappa shape index (κ2) is 12.3. The van der Waals surface area contributed by atoms with Crippen molar-refractivity contribution in [3.8, 4) is 5.75 Å². The van der Waals surface area contributed by atoms with Gasteiger partial charge < -0.3 is 18.9 Å². The Balaban J connectivity index is 1.60. The van der Waals surface area contributed by atoms with Crippen LogP contribution in [0.3, 0.4) is 0 Å². The monoisotopic (exact) mass is 519 g/mol. The lowest BCUT2D eigenvalue weighted by Crippen LogP contribution is -2.42. The fraction of sp³-hybridized carbons (Fsp3) is 0.333. The van der Waals surface area contributed by atoms with Gasteiger partial charge in [-0.05, 0) is 67.8 Å². The highest BCUT2D eigenvalue weighted by atomic mass is 35.5. The Labute approximate surface area is 223 Å². The van der Waals surface area contributed by atoms with Crippen LogP contribution in [-0.2, 0) is 29.1 Å². The number of fused-ring (bicyclic) bond motifs is 1. The SMILES string of the molecule is CCc1cccc(C)c1N(C(=O)CCn1c(COc2ccc(Cl)cc2)nc2ccccc21)[C@H](C)COC. The van der Waals surface area contributed by atoms with Crippen LogP contribution in [0.15, 0.2) is 66.7 Å². The van der Waals surface area contributed by atoms with E-state index < -0.39 is 0 Å². The molecule has 0 bridgehead atoms. The molecule has 0 aliphatic rings. The maximum Gasteiger partial charge on any atom is 0.229 e. The normalized spacial score (nSPS) is 12.0. The highest BCUT2D eigenvalue weighted by Crippen LogP contribution is 2.29. The Bertz CT molecular complexity index is 1350. The van der Waals surface area contributed by atoms with Gasteiger partial charge in [-0.2, -0.15) is 0 Å². The van der Waals surface area contributed by atoms with Crippen molar-refractivity contribution in [2.24, 2.45) is 0 Å². The largest absolute Gasteiger partial charge is 0.486 e. The lowest BCUT2D eigenvalue weighted by atomic mass is 10.0. The van der Waals surface area contributed by atoms with Gasteiger partial charge in [-0.3, -0.25) is 4.79 Å². The van der Waals surface area contributed by atoms with E-state index in [-0.39, 0.29) is 18.6 Å². The van der Waals surface area contributed by atoms with Gasteiger partial charge in [0.25, 0.3) is 0 Å². The lowest BCUT2D eigenvalue weighted by Gasteiger charge is -2.32. The molecular formula is C30H34ClN3O3. The summed E-state index contributed by atoms with van der Waals surface area (Å²) in [5.74, 6) is 1.53. The third kappa shape index (κ3) is 6.14. The van der Waals surface area contributed by atoms with Gasteiger partial charge in [-0.1, -0.05) is 48.9 Å². The molecule has 0 aliphatic heterocycles. The molecular weight excluding hydrogens is 486 g/mol.